The van der Waals surface area contributed by atoms with Gasteiger partial charge in [0.15, 0.2) is 11.0 Å². The number of benzene rings is 1. The maximum Gasteiger partial charge on any atom is 0.318 e. The van der Waals surface area contributed by atoms with E-state index in [1.54, 1.807) is 18.3 Å². The second-order valence-electron chi connectivity index (χ2n) is 4.74. The summed E-state index contributed by atoms with van der Waals surface area (Å²) in [5.74, 6) is 0.487. The number of methoxy groups -OCH3 is 1. The second kappa shape index (κ2) is 6.97. The van der Waals surface area contributed by atoms with E-state index < -0.39 is 0 Å². The van der Waals surface area contributed by atoms with Gasteiger partial charge in [0.05, 0.1) is 12.0 Å². The number of thiophene rings is 1. The molecule has 2 heterocycles. The van der Waals surface area contributed by atoms with Gasteiger partial charge >= 0.3 is 5.97 Å². The summed E-state index contributed by atoms with van der Waals surface area (Å²) in [6.07, 6.45) is 0. The maximum atomic E-state index is 11.7. The Morgan fingerprint density at radius 2 is 2.00 bits per heavy atom. The highest BCUT2D eigenvalue weighted by atomic mass is 32.2. The lowest BCUT2D eigenvalue weighted by Crippen LogP contribution is -2.15. The molecule has 3 aromatic rings. The molecule has 3 rings (SSSR count). The highest BCUT2D eigenvalue weighted by molar-refractivity contribution is 8.00. The van der Waals surface area contributed by atoms with E-state index in [9.17, 15) is 4.79 Å². The van der Waals surface area contributed by atoms with Crippen molar-refractivity contribution in [2.24, 2.45) is 0 Å². The van der Waals surface area contributed by atoms with Crippen molar-refractivity contribution in [3.05, 3.63) is 47.8 Å². The molecule has 0 spiro atoms. The summed E-state index contributed by atoms with van der Waals surface area (Å²) >= 11 is 2.94. The molecule has 0 radical (unpaired) electrons. The smallest absolute Gasteiger partial charge is 0.318 e. The fourth-order valence-corrected chi connectivity index (χ4v) is 3.69. The monoisotopic (exact) mass is 345 g/mol. The van der Waals surface area contributed by atoms with Crippen LogP contribution >= 0.6 is 23.1 Å². The average molecular weight is 345 g/mol. The van der Waals surface area contributed by atoms with Gasteiger partial charge in [-0.15, -0.1) is 21.5 Å². The van der Waals surface area contributed by atoms with E-state index in [4.69, 9.17) is 4.74 Å². The minimum absolute atomic E-state index is 0.282. The van der Waals surface area contributed by atoms with E-state index in [1.165, 1.54) is 18.9 Å². The van der Waals surface area contributed by atoms with Crippen molar-refractivity contribution in [2.45, 2.75) is 17.3 Å². The number of rotatable bonds is 5. The first-order chi connectivity index (χ1) is 11.2. The third-order valence-electron chi connectivity index (χ3n) is 3.20. The predicted molar refractivity (Wildman–Crippen MR) is 92.0 cm³/mol. The third-order valence-corrected chi connectivity index (χ3v) is 5.09. The molecule has 0 bridgehead atoms. The van der Waals surface area contributed by atoms with E-state index in [-0.39, 0.29) is 11.2 Å². The van der Waals surface area contributed by atoms with Crippen molar-refractivity contribution in [2.75, 3.05) is 7.11 Å². The number of carbonyl (C=O) groups is 1. The number of hydrogen-bond donors (Lipinski definition) is 0. The van der Waals surface area contributed by atoms with Crippen molar-refractivity contribution in [1.82, 2.24) is 14.8 Å². The largest absolute Gasteiger partial charge is 0.468 e. The Morgan fingerprint density at radius 1 is 1.22 bits per heavy atom. The van der Waals surface area contributed by atoms with Crippen molar-refractivity contribution < 1.29 is 9.53 Å². The molecule has 0 saturated carbocycles. The van der Waals surface area contributed by atoms with Crippen LogP contribution in [0, 0.1) is 0 Å². The zero-order valence-corrected chi connectivity index (χ0v) is 14.3. The molecule has 1 atom stereocenters. The topological polar surface area (TPSA) is 57.0 Å². The Bertz CT molecular complexity index is 785. The molecule has 0 fully saturated rings. The van der Waals surface area contributed by atoms with Crippen LogP contribution in [0.4, 0.5) is 0 Å². The first kappa shape index (κ1) is 15.8. The van der Waals surface area contributed by atoms with Gasteiger partial charge in [0, 0.05) is 5.69 Å². The van der Waals surface area contributed by atoms with Gasteiger partial charge in [-0.2, -0.15) is 0 Å². The molecule has 1 unspecified atom stereocenters. The van der Waals surface area contributed by atoms with Crippen LogP contribution < -0.4 is 0 Å². The molecular weight excluding hydrogens is 330 g/mol. The number of para-hydroxylation sites is 1. The number of esters is 1. The molecular formula is C16H15N3O2S2. The zero-order chi connectivity index (χ0) is 16.2. The molecule has 23 heavy (non-hydrogen) atoms. The number of nitrogens with zero attached hydrogens (tertiary/aromatic N) is 3. The van der Waals surface area contributed by atoms with Crippen LogP contribution in [0.15, 0.2) is 53.0 Å². The van der Waals surface area contributed by atoms with Crippen LogP contribution in [0.1, 0.15) is 6.92 Å². The second-order valence-corrected chi connectivity index (χ2v) is 6.99. The van der Waals surface area contributed by atoms with Gasteiger partial charge in [-0.25, -0.2) is 0 Å². The normalized spacial score (nSPS) is 12.1. The van der Waals surface area contributed by atoms with E-state index in [2.05, 4.69) is 10.2 Å². The summed E-state index contributed by atoms with van der Waals surface area (Å²) < 4.78 is 6.76. The number of thioether (sulfide) groups is 1. The molecule has 2 aromatic heterocycles. The Morgan fingerprint density at radius 3 is 2.65 bits per heavy atom. The zero-order valence-electron chi connectivity index (χ0n) is 12.7. The first-order valence-electron chi connectivity index (χ1n) is 7.00. The molecule has 1 aromatic carbocycles. The van der Waals surface area contributed by atoms with E-state index in [0.29, 0.717) is 5.16 Å². The first-order valence-corrected chi connectivity index (χ1v) is 8.76. The number of carbonyl (C=O) groups excluding carboxylic acids is 1. The van der Waals surface area contributed by atoms with Crippen LogP contribution in [0.3, 0.4) is 0 Å². The van der Waals surface area contributed by atoms with Crippen molar-refractivity contribution in [1.29, 1.82) is 0 Å². The summed E-state index contributed by atoms with van der Waals surface area (Å²) in [4.78, 5) is 12.7. The van der Waals surface area contributed by atoms with E-state index in [1.807, 2.05) is 52.4 Å². The standard InChI is InChI=1S/C16H15N3O2S2/c1-11(15(20)21-2)23-16-18-17-14(13-9-6-10-22-13)19(16)12-7-4-3-5-8-12/h3-11H,1-2H3. The van der Waals surface area contributed by atoms with Gasteiger partial charge in [-0.05, 0) is 30.5 Å². The molecule has 0 saturated heterocycles. The molecule has 0 amide bonds. The Balaban J connectivity index is 2.05. The minimum atomic E-state index is -0.358. The van der Waals surface area contributed by atoms with Crippen LogP contribution in [0.25, 0.3) is 16.4 Å². The van der Waals surface area contributed by atoms with Crippen molar-refractivity contribution in [3.8, 4) is 16.4 Å². The molecule has 0 N–H and O–H groups in total. The fraction of sp³-hybridized carbons (Fsp3) is 0.188. The number of ether oxygens (including phenoxy) is 1. The predicted octanol–water partition coefficient (Wildman–Crippen LogP) is 3.65. The summed E-state index contributed by atoms with van der Waals surface area (Å²) in [5, 5.41) is 10.9. The van der Waals surface area contributed by atoms with Gasteiger partial charge in [-0.3, -0.25) is 9.36 Å². The molecule has 118 valence electrons. The number of aromatic nitrogens is 3. The summed E-state index contributed by atoms with van der Waals surface area (Å²) in [5.41, 5.74) is 0.959. The van der Waals surface area contributed by atoms with Gasteiger partial charge < -0.3 is 4.74 Å². The molecule has 5 nitrogen and oxygen atoms in total. The van der Waals surface area contributed by atoms with Crippen LogP contribution in [0.2, 0.25) is 0 Å². The average Bonchev–Trinajstić information content (AvgIpc) is 3.24. The third kappa shape index (κ3) is 3.30. The number of hydrogen-bond acceptors (Lipinski definition) is 6. The molecule has 0 aliphatic carbocycles. The highest BCUT2D eigenvalue weighted by Gasteiger charge is 2.22. The fourth-order valence-electron chi connectivity index (χ4n) is 2.09. The van der Waals surface area contributed by atoms with Gasteiger partial charge in [0.25, 0.3) is 0 Å². The van der Waals surface area contributed by atoms with E-state index in [0.717, 1.165) is 16.4 Å². The van der Waals surface area contributed by atoms with Crippen LogP contribution in [0.5, 0.6) is 0 Å². The lowest BCUT2D eigenvalue weighted by atomic mass is 10.3. The van der Waals surface area contributed by atoms with Crippen LogP contribution in [-0.4, -0.2) is 33.1 Å². The van der Waals surface area contributed by atoms with Crippen molar-refractivity contribution in [3.63, 3.8) is 0 Å². The summed E-state index contributed by atoms with van der Waals surface area (Å²) in [6.45, 7) is 1.80. The quantitative estimate of drug-likeness (QED) is 0.522. The molecule has 0 aliphatic heterocycles. The molecule has 7 heteroatoms. The van der Waals surface area contributed by atoms with Crippen molar-refractivity contribution >= 4 is 29.1 Å². The Hall–Kier alpha value is -2.12. The maximum absolute atomic E-state index is 11.7. The van der Waals surface area contributed by atoms with Gasteiger partial charge in [-0.1, -0.05) is 36.0 Å². The minimum Gasteiger partial charge on any atom is -0.468 e. The SMILES string of the molecule is COC(=O)C(C)Sc1nnc(-c2cccs2)n1-c1ccccc1. The molecule has 0 aliphatic rings. The lowest BCUT2D eigenvalue weighted by molar-refractivity contribution is -0.139. The van der Waals surface area contributed by atoms with Gasteiger partial charge in [0.2, 0.25) is 0 Å². The Kier molecular flexibility index (Phi) is 4.78. The van der Waals surface area contributed by atoms with Crippen LogP contribution in [-0.2, 0) is 9.53 Å². The lowest BCUT2D eigenvalue weighted by Gasteiger charge is -2.11. The van der Waals surface area contributed by atoms with Gasteiger partial charge in [0.1, 0.15) is 5.25 Å². The van der Waals surface area contributed by atoms with E-state index >= 15 is 0 Å². The Labute approximate surface area is 142 Å². The highest BCUT2D eigenvalue weighted by Crippen LogP contribution is 2.32. The summed E-state index contributed by atoms with van der Waals surface area (Å²) in [6, 6.07) is 13.9. The summed E-state index contributed by atoms with van der Waals surface area (Å²) in [7, 11) is 1.39.